The molecular weight excluding hydrogens is 359 g/mol. The zero-order valence-corrected chi connectivity index (χ0v) is 16.8. The summed E-state index contributed by atoms with van der Waals surface area (Å²) < 4.78 is 20.8. The van der Waals surface area contributed by atoms with E-state index in [9.17, 15) is 14.3 Å². The highest BCUT2D eigenvalue weighted by Crippen LogP contribution is 2.35. The van der Waals surface area contributed by atoms with E-state index in [0.29, 0.717) is 35.9 Å². The smallest absolute Gasteiger partial charge is 0.259 e. The molecule has 0 amide bonds. The van der Waals surface area contributed by atoms with E-state index < -0.39 is 6.04 Å². The minimum absolute atomic E-state index is 0.0379. The standard InChI is InChI=1S/C22H29FN2O3/c1-15-7-9-24(10-8-15)21(17-5-4-6-18(23)14-17)20-19(26)13-16(2)25(22(20)27)11-12-28-3/h4-6,13-15,21,26H,7-12H2,1-3H3. The lowest BCUT2D eigenvalue weighted by Crippen LogP contribution is -2.40. The molecule has 1 aromatic carbocycles. The Morgan fingerprint density at radius 3 is 2.64 bits per heavy atom. The van der Waals surface area contributed by atoms with Crippen LogP contribution in [0.15, 0.2) is 35.1 Å². The van der Waals surface area contributed by atoms with Crippen molar-refractivity contribution in [2.24, 2.45) is 5.92 Å². The van der Waals surface area contributed by atoms with Crippen molar-refractivity contribution in [2.45, 2.75) is 39.3 Å². The third kappa shape index (κ3) is 4.28. The molecule has 2 heterocycles. The van der Waals surface area contributed by atoms with Crippen molar-refractivity contribution in [3.8, 4) is 5.75 Å². The van der Waals surface area contributed by atoms with Crippen LogP contribution in [0.4, 0.5) is 4.39 Å². The summed E-state index contributed by atoms with van der Waals surface area (Å²) in [5.41, 5.74) is 1.42. The summed E-state index contributed by atoms with van der Waals surface area (Å²) >= 11 is 0. The van der Waals surface area contributed by atoms with Gasteiger partial charge in [0.05, 0.1) is 18.2 Å². The number of pyridine rings is 1. The van der Waals surface area contributed by atoms with Crippen LogP contribution in [0.25, 0.3) is 0 Å². The third-order valence-electron chi connectivity index (χ3n) is 5.66. The number of hydrogen-bond donors (Lipinski definition) is 1. The van der Waals surface area contributed by atoms with Gasteiger partial charge in [-0.05, 0) is 62.5 Å². The molecule has 1 unspecified atom stereocenters. The second-order valence-corrected chi connectivity index (χ2v) is 7.71. The molecule has 1 aromatic heterocycles. The molecule has 1 saturated heterocycles. The first-order chi connectivity index (χ1) is 13.4. The normalized spacial score (nSPS) is 17.0. The van der Waals surface area contributed by atoms with Gasteiger partial charge in [0.25, 0.3) is 5.56 Å². The van der Waals surface area contributed by atoms with Gasteiger partial charge in [0.15, 0.2) is 0 Å². The number of nitrogens with zero attached hydrogens (tertiary/aromatic N) is 2. The Morgan fingerprint density at radius 1 is 1.29 bits per heavy atom. The Bertz CT molecular complexity index is 873. The summed E-state index contributed by atoms with van der Waals surface area (Å²) in [7, 11) is 1.59. The summed E-state index contributed by atoms with van der Waals surface area (Å²) in [6.45, 7) is 6.41. The molecule has 0 radical (unpaired) electrons. The van der Waals surface area contributed by atoms with Crippen molar-refractivity contribution in [3.63, 3.8) is 0 Å². The molecule has 5 nitrogen and oxygen atoms in total. The highest BCUT2D eigenvalue weighted by Gasteiger charge is 2.31. The van der Waals surface area contributed by atoms with Gasteiger partial charge >= 0.3 is 0 Å². The third-order valence-corrected chi connectivity index (χ3v) is 5.66. The first-order valence-electron chi connectivity index (χ1n) is 9.84. The van der Waals surface area contributed by atoms with Gasteiger partial charge in [-0.25, -0.2) is 4.39 Å². The topological polar surface area (TPSA) is 54.7 Å². The number of ether oxygens (including phenoxy) is 1. The molecule has 1 aliphatic rings. The van der Waals surface area contributed by atoms with Crippen LogP contribution in [0, 0.1) is 18.7 Å². The SMILES string of the molecule is COCCn1c(C)cc(O)c(C(c2cccc(F)c2)N2CCC(C)CC2)c1=O. The van der Waals surface area contributed by atoms with Crippen molar-refractivity contribution in [2.75, 3.05) is 26.8 Å². The van der Waals surface area contributed by atoms with Crippen LogP contribution < -0.4 is 5.56 Å². The fourth-order valence-electron chi connectivity index (χ4n) is 4.01. The number of hydrogen-bond acceptors (Lipinski definition) is 4. The van der Waals surface area contributed by atoms with Crippen molar-refractivity contribution in [1.29, 1.82) is 0 Å². The van der Waals surface area contributed by atoms with Gasteiger partial charge in [-0.3, -0.25) is 9.69 Å². The number of aryl methyl sites for hydroxylation is 1. The van der Waals surface area contributed by atoms with Crippen LogP contribution >= 0.6 is 0 Å². The molecule has 2 aromatic rings. The predicted molar refractivity (Wildman–Crippen MR) is 107 cm³/mol. The molecule has 0 spiro atoms. The first kappa shape index (κ1) is 20.6. The van der Waals surface area contributed by atoms with Crippen molar-refractivity contribution in [1.82, 2.24) is 9.47 Å². The predicted octanol–water partition coefficient (Wildman–Crippen LogP) is 3.47. The van der Waals surface area contributed by atoms with Crippen LogP contribution in [-0.2, 0) is 11.3 Å². The van der Waals surface area contributed by atoms with Crippen LogP contribution in [0.3, 0.4) is 0 Å². The molecule has 152 valence electrons. The molecule has 3 rings (SSSR count). The maximum Gasteiger partial charge on any atom is 0.259 e. The maximum absolute atomic E-state index is 14.0. The molecule has 6 heteroatoms. The minimum Gasteiger partial charge on any atom is -0.507 e. The van der Waals surface area contributed by atoms with Crippen LogP contribution in [0.1, 0.15) is 42.6 Å². The largest absolute Gasteiger partial charge is 0.507 e. The molecule has 0 aliphatic carbocycles. The Balaban J connectivity index is 2.13. The number of methoxy groups -OCH3 is 1. The fraction of sp³-hybridized carbons (Fsp3) is 0.500. The molecule has 28 heavy (non-hydrogen) atoms. The van der Waals surface area contributed by atoms with Gasteiger partial charge < -0.3 is 14.4 Å². The van der Waals surface area contributed by atoms with Gasteiger partial charge in [-0.2, -0.15) is 0 Å². The minimum atomic E-state index is -0.481. The van der Waals surface area contributed by atoms with Gasteiger partial charge in [-0.15, -0.1) is 0 Å². The second kappa shape index (κ2) is 8.88. The zero-order valence-electron chi connectivity index (χ0n) is 16.8. The Hall–Kier alpha value is -2.18. The summed E-state index contributed by atoms with van der Waals surface area (Å²) in [5.74, 6) is 0.234. The van der Waals surface area contributed by atoms with E-state index in [-0.39, 0.29) is 17.1 Å². The lowest BCUT2D eigenvalue weighted by Gasteiger charge is -2.37. The summed E-state index contributed by atoms with van der Waals surface area (Å²) in [5, 5.41) is 10.7. The number of aromatic nitrogens is 1. The first-order valence-corrected chi connectivity index (χ1v) is 9.84. The fourth-order valence-corrected chi connectivity index (χ4v) is 4.01. The Labute approximate surface area is 165 Å². The van der Waals surface area contributed by atoms with E-state index in [2.05, 4.69) is 11.8 Å². The van der Waals surface area contributed by atoms with E-state index >= 15 is 0 Å². The lowest BCUT2D eigenvalue weighted by atomic mass is 9.92. The van der Waals surface area contributed by atoms with Gasteiger partial charge in [0, 0.05) is 19.3 Å². The van der Waals surface area contributed by atoms with Gasteiger partial charge in [-0.1, -0.05) is 19.1 Å². The number of aromatic hydroxyl groups is 1. The zero-order chi connectivity index (χ0) is 20.3. The summed E-state index contributed by atoms with van der Waals surface area (Å²) in [4.78, 5) is 15.5. The average molecular weight is 388 g/mol. The van der Waals surface area contributed by atoms with E-state index in [1.807, 2.05) is 6.07 Å². The molecule has 1 atom stereocenters. The van der Waals surface area contributed by atoms with E-state index in [1.165, 1.54) is 12.1 Å². The van der Waals surface area contributed by atoms with Crippen LogP contribution in [-0.4, -0.2) is 41.4 Å². The number of likely N-dealkylation sites (tertiary alicyclic amines) is 1. The molecule has 1 N–H and O–H groups in total. The monoisotopic (exact) mass is 388 g/mol. The summed E-state index contributed by atoms with van der Waals surface area (Å²) in [6.07, 6.45) is 2.02. The number of benzene rings is 1. The lowest BCUT2D eigenvalue weighted by molar-refractivity contribution is 0.153. The number of piperidine rings is 1. The highest BCUT2D eigenvalue weighted by atomic mass is 19.1. The molecule has 1 aliphatic heterocycles. The Morgan fingerprint density at radius 2 is 2.00 bits per heavy atom. The van der Waals surface area contributed by atoms with Crippen molar-refractivity contribution < 1.29 is 14.2 Å². The van der Waals surface area contributed by atoms with Gasteiger partial charge in [0.1, 0.15) is 11.6 Å². The van der Waals surface area contributed by atoms with E-state index in [1.54, 1.807) is 30.7 Å². The molecular formula is C22H29FN2O3. The van der Waals surface area contributed by atoms with Crippen molar-refractivity contribution in [3.05, 3.63) is 63.3 Å². The molecule has 0 saturated carbocycles. The van der Waals surface area contributed by atoms with Crippen LogP contribution in [0.5, 0.6) is 5.75 Å². The highest BCUT2D eigenvalue weighted by molar-refractivity contribution is 5.41. The summed E-state index contributed by atoms with van der Waals surface area (Å²) in [6, 6.07) is 7.46. The second-order valence-electron chi connectivity index (χ2n) is 7.71. The molecule has 0 bridgehead atoms. The number of halogens is 1. The van der Waals surface area contributed by atoms with E-state index in [0.717, 1.165) is 25.9 Å². The van der Waals surface area contributed by atoms with Gasteiger partial charge in [0.2, 0.25) is 0 Å². The van der Waals surface area contributed by atoms with Crippen molar-refractivity contribution >= 4 is 0 Å². The van der Waals surface area contributed by atoms with Crippen LogP contribution in [0.2, 0.25) is 0 Å². The van der Waals surface area contributed by atoms with E-state index in [4.69, 9.17) is 4.74 Å². The maximum atomic E-state index is 14.0. The Kier molecular flexibility index (Phi) is 6.52. The number of rotatable bonds is 6. The quantitative estimate of drug-likeness (QED) is 0.823. The molecule has 1 fully saturated rings. The average Bonchev–Trinajstić information content (AvgIpc) is 2.66.